The molecular formula is C24H35NO5. The average Bonchev–Trinajstić information content (AvgIpc) is 2.65. The number of ether oxygens (including phenoxy) is 1. The van der Waals surface area contributed by atoms with E-state index in [4.69, 9.17) is 9.84 Å². The van der Waals surface area contributed by atoms with Gasteiger partial charge in [0, 0.05) is 5.56 Å². The highest BCUT2D eigenvalue weighted by molar-refractivity contribution is 5.78. The van der Waals surface area contributed by atoms with Crippen LogP contribution in [-0.2, 0) is 17.6 Å². The first-order chi connectivity index (χ1) is 14.2. The number of phenolic OH excluding ortho intramolecular Hbond substituents is 1. The highest BCUT2D eigenvalue weighted by Crippen LogP contribution is 2.32. The third-order valence-electron chi connectivity index (χ3n) is 4.65. The molecule has 0 aromatic heterocycles. The van der Waals surface area contributed by atoms with Crippen molar-refractivity contribution in [3.63, 3.8) is 0 Å². The molecule has 0 fully saturated rings. The standard InChI is InChI=1S/C24H35NO5/c1-5-6-7-11-19-14-21(26)20(13-12-18(4)10-8-9-17(2)3)22(15-19)30-24(29)25-16-23(27)28/h9,12,14-15,26H,5-8,10-11,13,16H2,1-4H3,(H,25,29)(H,27,28)/b18-12+. The second-order valence-electron chi connectivity index (χ2n) is 7.76. The molecule has 1 aromatic rings. The van der Waals surface area contributed by atoms with Crippen LogP contribution < -0.4 is 10.1 Å². The van der Waals surface area contributed by atoms with E-state index in [2.05, 4.69) is 32.2 Å². The Kier molecular flexibility index (Phi) is 11.3. The van der Waals surface area contributed by atoms with Gasteiger partial charge in [0.2, 0.25) is 0 Å². The molecule has 0 heterocycles. The fourth-order valence-corrected chi connectivity index (χ4v) is 2.96. The van der Waals surface area contributed by atoms with E-state index in [0.29, 0.717) is 12.0 Å². The van der Waals surface area contributed by atoms with Crippen LogP contribution in [0.4, 0.5) is 4.79 Å². The molecule has 0 aliphatic rings. The number of aryl methyl sites for hydroxylation is 1. The van der Waals surface area contributed by atoms with Crippen molar-refractivity contribution >= 4 is 12.1 Å². The summed E-state index contributed by atoms with van der Waals surface area (Å²) in [5, 5.41) is 21.5. The molecule has 0 spiro atoms. The third-order valence-corrected chi connectivity index (χ3v) is 4.65. The maximum absolute atomic E-state index is 12.0. The Hall–Kier alpha value is -2.76. The van der Waals surface area contributed by atoms with Gasteiger partial charge in [-0.15, -0.1) is 0 Å². The van der Waals surface area contributed by atoms with Crippen molar-refractivity contribution in [2.24, 2.45) is 0 Å². The first kappa shape index (κ1) is 25.3. The Bertz CT molecular complexity index is 776. The molecule has 0 saturated carbocycles. The van der Waals surface area contributed by atoms with Gasteiger partial charge in [0.05, 0.1) is 0 Å². The van der Waals surface area contributed by atoms with Gasteiger partial charge in [0.25, 0.3) is 0 Å². The lowest BCUT2D eigenvalue weighted by Crippen LogP contribution is -2.32. The number of carbonyl (C=O) groups excluding carboxylic acids is 1. The molecule has 3 N–H and O–H groups in total. The first-order valence-electron chi connectivity index (χ1n) is 10.5. The maximum Gasteiger partial charge on any atom is 0.413 e. The number of phenols is 1. The van der Waals surface area contributed by atoms with Gasteiger partial charge >= 0.3 is 12.1 Å². The largest absolute Gasteiger partial charge is 0.508 e. The minimum absolute atomic E-state index is 0.0818. The van der Waals surface area contributed by atoms with Gasteiger partial charge in [-0.25, -0.2) is 4.79 Å². The quantitative estimate of drug-likeness (QED) is 0.307. The zero-order valence-corrected chi connectivity index (χ0v) is 18.6. The Morgan fingerprint density at radius 1 is 1.13 bits per heavy atom. The molecule has 0 saturated heterocycles. The maximum atomic E-state index is 12.0. The predicted molar refractivity (Wildman–Crippen MR) is 119 cm³/mol. The number of nitrogens with one attached hydrogen (secondary N) is 1. The molecule has 1 amide bonds. The average molecular weight is 418 g/mol. The molecule has 0 radical (unpaired) electrons. The third kappa shape index (κ3) is 10.1. The van der Waals surface area contributed by atoms with E-state index in [1.807, 2.05) is 13.0 Å². The van der Waals surface area contributed by atoms with Gasteiger partial charge < -0.3 is 20.3 Å². The van der Waals surface area contributed by atoms with Gasteiger partial charge in [-0.3, -0.25) is 4.79 Å². The molecule has 166 valence electrons. The fourth-order valence-electron chi connectivity index (χ4n) is 2.96. The van der Waals surface area contributed by atoms with Crippen molar-refractivity contribution in [2.75, 3.05) is 6.54 Å². The monoisotopic (exact) mass is 417 g/mol. The number of aromatic hydroxyl groups is 1. The summed E-state index contributed by atoms with van der Waals surface area (Å²) in [6, 6.07) is 3.48. The fraction of sp³-hybridized carbons (Fsp3) is 0.500. The number of carboxylic acid groups (broad SMARTS) is 1. The summed E-state index contributed by atoms with van der Waals surface area (Å²) in [6.45, 7) is 7.76. The molecule has 1 rings (SSSR count). The molecule has 6 heteroatoms. The van der Waals surface area contributed by atoms with Crippen LogP contribution in [-0.4, -0.2) is 28.8 Å². The second kappa shape index (κ2) is 13.5. The van der Waals surface area contributed by atoms with Crippen LogP contribution in [0.2, 0.25) is 0 Å². The van der Waals surface area contributed by atoms with E-state index < -0.39 is 18.6 Å². The van der Waals surface area contributed by atoms with Crippen LogP contribution in [0.5, 0.6) is 11.5 Å². The van der Waals surface area contributed by atoms with Crippen LogP contribution in [0, 0.1) is 0 Å². The minimum atomic E-state index is -1.15. The van der Waals surface area contributed by atoms with Crippen molar-refractivity contribution < 1.29 is 24.5 Å². The molecule has 0 aliphatic carbocycles. The van der Waals surface area contributed by atoms with Gasteiger partial charge in [-0.05, 0) is 70.6 Å². The lowest BCUT2D eigenvalue weighted by molar-refractivity contribution is -0.135. The number of rotatable bonds is 12. The number of amides is 1. The van der Waals surface area contributed by atoms with E-state index in [9.17, 15) is 14.7 Å². The number of carbonyl (C=O) groups is 2. The van der Waals surface area contributed by atoms with Crippen LogP contribution in [0.1, 0.15) is 70.9 Å². The van der Waals surface area contributed by atoms with Gasteiger partial charge in [-0.1, -0.05) is 43.1 Å². The first-order valence-corrected chi connectivity index (χ1v) is 10.5. The SMILES string of the molecule is CCCCCc1cc(O)c(C/C=C(\C)CCC=C(C)C)c(OC(=O)NCC(=O)O)c1. The summed E-state index contributed by atoms with van der Waals surface area (Å²) in [6.07, 6.45) is 9.54. The Morgan fingerprint density at radius 3 is 2.50 bits per heavy atom. The van der Waals surface area contributed by atoms with Crippen molar-refractivity contribution in [3.8, 4) is 11.5 Å². The summed E-state index contributed by atoms with van der Waals surface area (Å²) in [5.74, 6) is -0.811. The summed E-state index contributed by atoms with van der Waals surface area (Å²) in [4.78, 5) is 22.7. The van der Waals surface area contributed by atoms with Gasteiger partial charge in [0.15, 0.2) is 0 Å². The summed E-state index contributed by atoms with van der Waals surface area (Å²) in [7, 11) is 0. The summed E-state index contributed by atoms with van der Waals surface area (Å²) >= 11 is 0. The van der Waals surface area contributed by atoms with E-state index in [-0.39, 0.29) is 11.5 Å². The number of carboxylic acids is 1. The Labute approximate surface area is 179 Å². The molecule has 0 atom stereocenters. The minimum Gasteiger partial charge on any atom is -0.508 e. The van der Waals surface area contributed by atoms with E-state index >= 15 is 0 Å². The van der Waals surface area contributed by atoms with Crippen LogP contribution in [0.15, 0.2) is 35.4 Å². The summed E-state index contributed by atoms with van der Waals surface area (Å²) < 4.78 is 5.36. The summed E-state index contributed by atoms with van der Waals surface area (Å²) in [5.41, 5.74) is 3.86. The van der Waals surface area contributed by atoms with Gasteiger partial charge in [-0.2, -0.15) is 0 Å². The molecule has 6 nitrogen and oxygen atoms in total. The molecular weight excluding hydrogens is 382 g/mol. The lowest BCUT2D eigenvalue weighted by atomic mass is 10.00. The predicted octanol–water partition coefficient (Wildman–Crippen LogP) is 5.53. The van der Waals surface area contributed by atoms with Crippen LogP contribution >= 0.6 is 0 Å². The van der Waals surface area contributed by atoms with Crippen molar-refractivity contribution in [1.82, 2.24) is 5.32 Å². The second-order valence-corrected chi connectivity index (χ2v) is 7.76. The number of hydrogen-bond acceptors (Lipinski definition) is 4. The zero-order valence-electron chi connectivity index (χ0n) is 18.6. The Balaban J connectivity index is 3.01. The van der Waals surface area contributed by atoms with Crippen LogP contribution in [0.25, 0.3) is 0 Å². The number of allylic oxidation sites excluding steroid dienone is 4. The van der Waals surface area contributed by atoms with E-state index in [1.165, 1.54) is 11.1 Å². The zero-order chi connectivity index (χ0) is 22.5. The Morgan fingerprint density at radius 2 is 1.87 bits per heavy atom. The number of unbranched alkanes of at least 4 members (excludes halogenated alkanes) is 2. The molecule has 30 heavy (non-hydrogen) atoms. The number of hydrogen-bond donors (Lipinski definition) is 3. The van der Waals surface area contributed by atoms with E-state index in [1.54, 1.807) is 12.1 Å². The van der Waals surface area contributed by atoms with E-state index in [0.717, 1.165) is 44.1 Å². The van der Waals surface area contributed by atoms with Crippen molar-refractivity contribution in [3.05, 3.63) is 46.6 Å². The highest BCUT2D eigenvalue weighted by Gasteiger charge is 2.15. The molecule has 1 aromatic carbocycles. The number of benzene rings is 1. The normalized spacial score (nSPS) is 11.1. The molecule has 0 unspecified atom stereocenters. The van der Waals surface area contributed by atoms with Crippen molar-refractivity contribution in [1.29, 1.82) is 0 Å². The number of aliphatic carboxylic acids is 1. The molecule has 0 aliphatic heterocycles. The molecule has 0 bridgehead atoms. The smallest absolute Gasteiger partial charge is 0.413 e. The topological polar surface area (TPSA) is 95.9 Å². The highest BCUT2D eigenvalue weighted by atomic mass is 16.6. The lowest BCUT2D eigenvalue weighted by Gasteiger charge is -2.14. The van der Waals surface area contributed by atoms with Gasteiger partial charge in [0.1, 0.15) is 18.0 Å². The van der Waals surface area contributed by atoms with Crippen molar-refractivity contribution in [2.45, 2.75) is 72.6 Å². The van der Waals surface area contributed by atoms with Crippen LogP contribution in [0.3, 0.4) is 0 Å².